The normalized spacial score (nSPS) is 13.4. The van der Waals surface area contributed by atoms with Gasteiger partial charge in [0.05, 0.1) is 36.8 Å². The number of aromatic nitrogens is 4. The minimum atomic E-state index is -3.45. The summed E-state index contributed by atoms with van der Waals surface area (Å²) in [5, 5.41) is 17.4. The molecular formula is C22H26N8O6S. The zero-order chi connectivity index (χ0) is 26.7. The van der Waals surface area contributed by atoms with Crippen molar-refractivity contribution in [2.45, 2.75) is 26.3 Å². The van der Waals surface area contributed by atoms with E-state index in [0.717, 1.165) is 19.1 Å². The Morgan fingerprint density at radius 1 is 1.24 bits per heavy atom. The highest BCUT2D eigenvalue weighted by atomic mass is 32.2. The molecule has 1 aliphatic carbocycles. The summed E-state index contributed by atoms with van der Waals surface area (Å²) >= 11 is 0. The molecule has 1 aliphatic rings. The Balaban J connectivity index is 1.64. The Morgan fingerprint density at radius 2 is 2.00 bits per heavy atom. The number of nitrogens with two attached hydrogens (primary N) is 1. The predicted octanol–water partition coefficient (Wildman–Crippen LogP) is 1.51. The van der Waals surface area contributed by atoms with Gasteiger partial charge >= 0.3 is 0 Å². The molecule has 0 bridgehead atoms. The first-order valence-electron chi connectivity index (χ1n) is 11.3. The maximum absolute atomic E-state index is 12.1. The van der Waals surface area contributed by atoms with Gasteiger partial charge in [-0.3, -0.25) is 9.59 Å². The number of benzene rings is 1. The van der Waals surface area contributed by atoms with Gasteiger partial charge in [0.25, 0.3) is 5.91 Å². The molecule has 2 heterocycles. The smallest absolute Gasteiger partial charge is 0.271 e. The van der Waals surface area contributed by atoms with Crippen LogP contribution in [0.1, 0.15) is 36.1 Å². The van der Waals surface area contributed by atoms with Crippen molar-refractivity contribution in [1.82, 2.24) is 24.6 Å². The molecule has 4 rings (SSSR count). The van der Waals surface area contributed by atoms with Crippen LogP contribution in [-0.2, 0) is 21.4 Å². The first-order chi connectivity index (χ1) is 17.6. The lowest BCUT2D eigenvalue weighted by Crippen LogP contribution is -2.29. The quantitative estimate of drug-likeness (QED) is 0.325. The van der Waals surface area contributed by atoms with Crippen molar-refractivity contribution in [2.24, 2.45) is 11.7 Å². The van der Waals surface area contributed by atoms with E-state index in [1.807, 2.05) is 0 Å². The van der Waals surface area contributed by atoms with E-state index in [1.54, 1.807) is 25.1 Å². The van der Waals surface area contributed by atoms with Gasteiger partial charge in [-0.25, -0.2) is 8.42 Å². The van der Waals surface area contributed by atoms with E-state index in [-0.39, 0.29) is 53.8 Å². The van der Waals surface area contributed by atoms with Gasteiger partial charge in [0.1, 0.15) is 0 Å². The molecule has 0 unspecified atom stereocenters. The number of hydrogen-bond donors (Lipinski definition) is 3. The molecule has 0 spiro atoms. The fraction of sp³-hybridized carbons (Fsp3) is 0.364. The van der Waals surface area contributed by atoms with Gasteiger partial charge in [-0.15, -0.1) is 10.2 Å². The van der Waals surface area contributed by atoms with Crippen molar-refractivity contribution in [1.29, 1.82) is 0 Å². The first-order valence-corrected chi connectivity index (χ1v) is 13.2. The van der Waals surface area contributed by atoms with Crippen molar-refractivity contribution >= 4 is 39.0 Å². The second-order valence-electron chi connectivity index (χ2n) is 8.33. The van der Waals surface area contributed by atoms with Crippen LogP contribution in [0.5, 0.6) is 5.75 Å². The summed E-state index contributed by atoms with van der Waals surface area (Å²) in [5.41, 5.74) is 6.38. The molecule has 0 radical (unpaired) electrons. The molecular weight excluding hydrogens is 504 g/mol. The molecule has 0 saturated heterocycles. The van der Waals surface area contributed by atoms with Crippen molar-refractivity contribution in [3.05, 3.63) is 35.9 Å². The number of carbonyl (C=O) groups is 2. The number of rotatable bonds is 11. The number of primary amides is 1. The van der Waals surface area contributed by atoms with E-state index in [4.69, 9.17) is 15.0 Å². The van der Waals surface area contributed by atoms with Gasteiger partial charge < -0.3 is 25.6 Å². The van der Waals surface area contributed by atoms with Gasteiger partial charge in [-0.1, -0.05) is 18.1 Å². The number of carbonyl (C=O) groups excluding carboxylic acids is 2. The highest BCUT2D eigenvalue weighted by Gasteiger charge is 2.30. The molecule has 2 amide bonds. The van der Waals surface area contributed by atoms with Crippen LogP contribution in [-0.4, -0.2) is 64.8 Å². The SMILES string of the molecule is CCN(Cc1nc(-c2cccc(Nc3cc(NC(=O)C4CC4)nnc3C(N)=O)c2OC)no1)S(C)(=O)=O. The number of para-hydroxylation sites is 1. The molecule has 3 aromatic rings. The molecule has 0 atom stereocenters. The topological polar surface area (TPSA) is 196 Å². The second kappa shape index (κ2) is 10.5. The molecule has 196 valence electrons. The standard InChI is InChI=1S/C22H26N8O6S/c1-4-30(37(3,33)34)11-17-26-21(29-36-17)13-6-5-7-14(19(13)35-2)24-15-10-16(25-22(32)12-8-9-12)27-28-18(15)20(23)31/h5-7,10,12H,4,8-9,11H2,1-3H3,(H2,23,31)(H2,24,25,27,32). The van der Waals surface area contributed by atoms with Crippen molar-refractivity contribution in [2.75, 3.05) is 30.5 Å². The average Bonchev–Trinajstić information content (AvgIpc) is 3.60. The summed E-state index contributed by atoms with van der Waals surface area (Å²) < 4.78 is 35.9. The third-order valence-corrected chi connectivity index (χ3v) is 6.88. The molecule has 1 saturated carbocycles. The Hall–Kier alpha value is -4.11. The van der Waals surface area contributed by atoms with E-state index in [9.17, 15) is 18.0 Å². The van der Waals surface area contributed by atoms with Gasteiger partial charge in [-0.05, 0) is 25.0 Å². The minimum Gasteiger partial charge on any atom is -0.494 e. The van der Waals surface area contributed by atoms with E-state index >= 15 is 0 Å². The molecule has 2 aromatic heterocycles. The number of ether oxygens (including phenoxy) is 1. The zero-order valence-electron chi connectivity index (χ0n) is 20.4. The van der Waals surface area contributed by atoms with Crippen molar-refractivity contribution in [3.8, 4) is 17.1 Å². The highest BCUT2D eigenvalue weighted by Crippen LogP contribution is 2.37. The van der Waals surface area contributed by atoms with E-state index in [2.05, 4.69) is 31.0 Å². The largest absolute Gasteiger partial charge is 0.494 e. The van der Waals surface area contributed by atoms with Crippen LogP contribution in [0.4, 0.5) is 17.2 Å². The number of hydrogen-bond acceptors (Lipinski definition) is 11. The first kappa shape index (κ1) is 26.0. The van der Waals surface area contributed by atoms with Crippen LogP contribution in [0.25, 0.3) is 11.4 Å². The number of amides is 2. The van der Waals surface area contributed by atoms with E-state index < -0.39 is 15.9 Å². The molecule has 1 fully saturated rings. The Labute approximate surface area is 212 Å². The number of anilines is 3. The van der Waals surface area contributed by atoms with Crippen molar-refractivity contribution in [3.63, 3.8) is 0 Å². The monoisotopic (exact) mass is 530 g/mol. The summed E-state index contributed by atoms with van der Waals surface area (Å²) in [6.07, 6.45) is 2.73. The maximum Gasteiger partial charge on any atom is 0.271 e. The van der Waals surface area contributed by atoms with Gasteiger partial charge in [0, 0.05) is 18.5 Å². The summed E-state index contributed by atoms with van der Waals surface area (Å²) in [6.45, 7) is 1.86. The van der Waals surface area contributed by atoms with Crippen LogP contribution in [0, 0.1) is 5.92 Å². The van der Waals surface area contributed by atoms with Gasteiger partial charge in [-0.2, -0.15) is 9.29 Å². The lowest BCUT2D eigenvalue weighted by atomic mass is 10.1. The van der Waals surface area contributed by atoms with Crippen LogP contribution >= 0.6 is 0 Å². The van der Waals surface area contributed by atoms with E-state index in [0.29, 0.717) is 17.0 Å². The minimum absolute atomic E-state index is 0.0486. The molecule has 4 N–H and O–H groups in total. The molecule has 37 heavy (non-hydrogen) atoms. The zero-order valence-corrected chi connectivity index (χ0v) is 21.2. The summed E-state index contributed by atoms with van der Waals surface area (Å²) in [6, 6.07) is 6.52. The van der Waals surface area contributed by atoms with E-state index in [1.165, 1.54) is 17.5 Å². The van der Waals surface area contributed by atoms with Crippen LogP contribution in [0.2, 0.25) is 0 Å². The molecule has 15 heteroatoms. The van der Waals surface area contributed by atoms with Crippen LogP contribution < -0.4 is 21.1 Å². The Bertz CT molecular complexity index is 1440. The number of nitrogens with one attached hydrogen (secondary N) is 2. The lowest BCUT2D eigenvalue weighted by Gasteiger charge is -2.15. The molecule has 1 aromatic carbocycles. The maximum atomic E-state index is 12.1. The van der Waals surface area contributed by atoms with Crippen LogP contribution in [0.3, 0.4) is 0 Å². The molecule has 0 aliphatic heterocycles. The molecule has 14 nitrogen and oxygen atoms in total. The third-order valence-electron chi connectivity index (χ3n) is 5.56. The highest BCUT2D eigenvalue weighted by molar-refractivity contribution is 7.88. The predicted molar refractivity (Wildman–Crippen MR) is 132 cm³/mol. The fourth-order valence-corrected chi connectivity index (χ4v) is 4.34. The number of methoxy groups -OCH3 is 1. The summed E-state index contributed by atoms with van der Waals surface area (Å²) in [4.78, 5) is 28.4. The fourth-order valence-electron chi connectivity index (χ4n) is 3.52. The second-order valence-corrected chi connectivity index (χ2v) is 10.3. The Morgan fingerprint density at radius 3 is 2.62 bits per heavy atom. The lowest BCUT2D eigenvalue weighted by molar-refractivity contribution is -0.117. The average molecular weight is 531 g/mol. The summed E-state index contributed by atoms with van der Waals surface area (Å²) in [5.74, 6) is -0.299. The number of nitrogens with zero attached hydrogens (tertiary/aromatic N) is 5. The summed E-state index contributed by atoms with van der Waals surface area (Å²) in [7, 11) is -2.01. The van der Waals surface area contributed by atoms with Gasteiger partial charge in [0.15, 0.2) is 17.3 Å². The third kappa shape index (κ3) is 6.00. The van der Waals surface area contributed by atoms with Crippen LogP contribution in [0.15, 0.2) is 28.8 Å². The van der Waals surface area contributed by atoms with Gasteiger partial charge in [0.2, 0.25) is 27.6 Å². The van der Waals surface area contributed by atoms with Crippen molar-refractivity contribution < 1.29 is 27.3 Å². The number of sulfonamides is 1. The Kier molecular flexibility index (Phi) is 7.35.